The first kappa shape index (κ1) is 34.1. The Hall–Kier alpha value is -5.75. The topological polar surface area (TPSA) is 145 Å². The first-order valence-corrected chi connectivity index (χ1v) is 16.3. The van der Waals surface area contributed by atoms with E-state index in [0.717, 1.165) is 11.1 Å². The molecule has 3 aliphatic heterocycles. The summed E-state index contributed by atoms with van der Waals surface area (Å²) in [5.74, 6) is 0.903. The van der Waals surface area contributed by atoms with Gasteiger partial charge in [-0.1, -0.05) is 24.3 Å². The number of aromatic hydroxyl groups is 1. The predicted octanol–water partition coefficient (Wildman–Crippen LogP) is 4.19. The number of benzene rings is 4. The molecule has 1 saturated heterocycles. The number of piperidine rings is 1. The first-order valence-electron chi connectivity index (χ1n) is 16.3. The number of hydrogen-bond acceptors (Lipinski definition) is 9. The Morgan fingerprint density at radius 2 is 1.78 bits per heavy atom. The monoisotopic (exact) mass is 681 g/mol. The third-order valence-electron chi connectivity index (χ3n) is 8.52. The van der Waals surface area contributed by atoms with E-state index < -0.39 is 12.1 Å². The number of carbonyl (C=O) groups excluding carboxylic acids is 3. The molecule has 3 amide bonds. The molecule has 0 radical (unpaired) electrons. The lowest BCUT2D eigenvalue weighted by Gasteiger charge is -2.39. The molecule has 12 nitrogen and oxygen atoms in total. The molecule has 2 atom stereocenters. The lowest BCUT2D eigenvalue weighted by molar-refractivity contribution is -0.123. The molecule has 0 unspecified atom stereocenters. The van der Waals surface area contributed by atoms with E-state index in [-0.39, 0.29) is 48.8 Å². The largest absolute Gasteiger partial charge is 0.508 e. The molecule has 3 aliphatic rings. The number of amides is 3. The minimum Gasteiger partial charge on any atom is -0.508 e. The van der Waals surface area contributed by atoms with E-state index in [4.69, 9.17) is 23.7 Å². The summed E-state index contributed by atoms with van der Waals surface area (Å²) in [7, 11) is 3.11. The Morgan fingerprint density at radius 1 is 0.940 bits per heavy atom. The molecular weight excluding hydrogens is 642 g/mol. The number of likely N-dealkylation sites (tertiary alicyclic amines) is 1. The molecule has 3 N–H and O–H groups in total. The summed E-state index contributed by atoms with van der Waals surface area (Å²) in [4.78, 5) is 41.9. The smallest absolute Gasteiger partial charge is 0.258 e. The van der Waals surface area contributed by atoms with Gasteiger partial charge in [-0.05, 0) is 65.7 Å². The number of nitrogens with zero attached hydrogens (tertiary/aromatic N) is 1. The SMILES string of the molecule is COCCOc1cc(O)cc(C(=O)N2CC[C@H]3Oc4ccc(cc4)CNC(=O)COc4cccc(c4)-c4cc(ccc4OC)C(=O)N[C@@H]3C2)c1. The van der Waals surface area contributed by atoms with Crippen molar-refractivity contribution >= 4 is 17.7 Å². The summed E-state index contributed by atoms with van der Waals surface area (Å²) in [6.45, 7) is 1.25. The summed E-state index contributed by atoms with van der Waals surface area (Å²) in [6.07, 6.45) is -0.0478. The number of rotatable bonds is 6. The molecule has 0 aliphatic carbocycles. The van der Waals surface area contributed by atoms with Crippen LogP contribution in [0.2, 0.25) is 0 Å². The Balaban J connectivity index is 1.31. The fourth-order valence-corrected chi connectivity index (χ4v) is 5.95. The third kappa shape index (κ3) is 8.27. The van der Waals surface area contributed by atoms with Crippen LogP contribution < -0.4 is 29.6 Å². The maximum atomic E-state index is 13.9. The Kier molecular flexibility index (Phi) is 10.7. The zero-order chi connectivity index (χ0) is 35.0. The Labute approximate surface area is 289 Å². The maximum absolute atomic E-state index is 13.9. The molecule has 4 aromatic carbocycles. The van der Waals surface area contributed by atoms with E-state index in [0.29, 0.717) is 60.2 Å². The van der Waals surface area contributed by atoms with Gasteiger partial charge in [-0.15, -0.1) is 0 Å². The van der Waals surface area contributed by atoms with E-state index in [1.165, 1.54) is 12.1 Å². The van der Waals surface area contributed by atoms with Crippen molar-refractivity contribution in [1.82, 2.24) is 15.5 Å². The van der Waals surface area contributed by atoms with Crippen molar-refractivity contribution < 1.29 is 43.2 Å². The lowest BCUT2D eigenvalue weighted by Crippen LogP contribution is -2.58. The number of phenols is 1. The predicted molar refractivity (Wildman–Crippen MR) is 184 cm³/mol. The number of nitrogens with one attached hydrogen (secondary N) is 2. The van der Waals surface area contributed by atoms with Crippen LogP contribution in [0.4, 0.5) is 0 Å². The number of methoxy groups -OCH3 is 2. The molecule has 4 aromatic rings. The van der Waals surface area contributed by atoms with E-state index in [1.807, 2.05) is 30.3 Å². The first-order chi connectivity index (χ1) is 24.3. The third-order valence-corrected chi connectivity index (χ3v) is 8.52. The van der Waals surface area contributed by atoms with Gasteiger partial charge in [0.15, 0.2) is 6.61 Å². The van der Waals surface area contributed by atoms with Gasteiger partial charge in [-0.25, -0.2) is 0 Å². The maximum Gasteiger partial charge on any atom is 0.258 e. The van der Waals surface area contributed by atoms with Crippen molar-refractivity contribution in [3.8, 4) is 39.9 Å². The van der Waals surface area contributed by atoms with Crippen molar-refractivity contribution in [2.75, 3.05) is 47.1 Å². The second-order valence-corrected chi connectivity index (χ2v) is 12.0. The average Bonchev–Trinajstić information content (AvgIpc) is 3.13. The number of ether oxygens (including phenoxy) is 5. The Morgan fingerprint density at radius 3 is 2.58 bits per heavy atom. The van der Waals surface area contributed by atoms with E-state index in [1.54, 1.807) is 61.6 Å². The van der Waals surface area contributed by atoms with Gasteiger partial charge in [0.1, 0.15) is 41.5 Å². The quantitative estimate of drug-likeness (QED) is 0.255. The molecule has 50 heavy (non-hydrogen) atoms. The summed E-state index contributed by atoms with van der Waals surface area (Å²) in [6, 6.07) is 23.5. The summed E-state index contributed by atoms with van der Waals surface area (Å²) < 4.78 is 28.5. The van der Waals surface area contributed by atoms with Crippen molar-refractivity contribution in [1.29, 1.82) is 0 Å². The van der Waals surface area contributed by atoms with Crippen LogP contribution in [-0.4, -0.2) is 87.0 Å². The molecule has 12 heteroatoms. The fourth-order valence-electron chi connectivity index (χ4n) is 5.95. The number of fused-ring (bicyclic) bond motifs is 7. The molecule has 0 aromatic heterocycles. The van der Waals surface area contributed by atoms with Gasteiger partial charge in [0.2, 0.25) is 0 Å². The summed E-state index contributed by atoms with van der Waals surface area (Å²) in [5, 5.41) is 16.3. The van der Waals surface area contributed by atoms with E-state index >= 15 is 0 Å². The highest BCUT2D eigenvalue weighted by molar-refractivity contribution is 5.97. The molecular formula is C38H39N3O9. The highest BCUT2D eigenvalue weighted by Crippen LogP contribution is 2.33. The van der Waals surface area contributed by atoms with Gasteiger partial charge >= 0.3 is 0 Å². The molecule has 1 fully saturated rings. The molecule has 6 bridgehead atoms. The van der Waals surface area contributed by atoms with Gasteiger partial charge in [-0.2, -0.15) is 0 Å². The number of carbonyl (C=O) groups is 3. The normalized spacial score (nSPS) is 17.7. The zero-order valence-electron chi connectivity index (χ0n) is 27.8. The van der Waals surface area contributed by atoms with E-state index in [2.05, 4.69) is 10.6 Å². The Bertz CT molecular complexity index is 1850. The molecule has 7 rings (SSSR count). The number of phenolic OH excluding ortho intramolecular Hbond substituents is 1. The standard InChI is InChI=1S/C38H39N3O9/c1-46-14-15-48-31-18-27(16-28(42)20-31)38(45)41-13-12-35-33(22-41)40-37(44)26-8-11-34(47-2)32(19-26)25-4-3-5-30(17-25)49-23-36(43)39-21-24-6-9-29(50-35)10-7-24/h3-11,16-20,33,35,42H,12-15,21-23H2,1-2H3,(H,39,43)(H,40,44)/t33-,35-/m1/s1. The van der Waals surface area contributed by atoms with Gasteiger partial charge < -0.3 is 44.3 Å². The second kappa shape index (κ2) is 15.6. The zero-order valence-corrected chi connectivity index (χ0v) is 27.8. The second-order valence-electron chi connectivity index (χ2n) is 12.0. The minimum atomic E-state index is -0.596. The van der Waals surface area contributed by atoms with Crippen LogP contribution in [-0.2, 0) is 16.1 Å². The van der Waals surface area contributed by atoms with E-state index in [9.17, 15) is 19.5 Å². The molecule has 260 valence electrons. The van der Waals surface area contributed by atoms with Crippen molar-refractivity contribution in [2.45, 2.75) is 25.1 Å². The molecule has 0 saturated carbocycles. The highest BCUT2D eigenvalue weighted by Gasteiger charge is 2.35. The number of hydrogen-bond donors (Lipinski definition) is 3. The van der Waals surface area contributed by atoms with Crippen LogP contribution in [0.3, 0.4) is 0 Å². The van der Waals surface area contributed by atoms with Crippen LogP contribution in [0.5, 0.6) is 28.7 Å². The lowest BCUT2D eigenvalue weighted by atomic mass is 9.98. The van der Waals surface area contributed by atoms with Gasteiger partial charge in [0.05, 0.1) is 19.8 Å². The van der Waals surface area contributed by atoms with Crippen LogP contribution in [0.15, 0.2) is 84.9 Å². The van der Waals surface area contributed by atoms with Gasteiger partial charge in [0, 0.05) is 55.9 Å². The fraction of sp³-hybridized carbons (Fsp3) is 0.289. The summed E-state index contributed by atoms with van der Waals surface area (Å²) in [5.41, 5.74) is 2.89. The van der Waals surface area contributed by atoms with Crippen molar-refractivity contribution in [3.05, 3.63) is 102 Å². The van der Waals surface area contributed by atoms with Crippen LogP contribution in [0.1, 0.15) is 32.7 Å². The van der Waals surface area contributed by atoms with Crippen LogP contribution >= 0.6 is 0 Å². The van der Waals surface area contributed by atoms with Gasteiger partial charge in [-0.3, -0.25) is 14.4 Å². The van der Waals surface area contributed by atoms with Crippen molar-refractivity contribution in [3.63, 3.8) is 0 Å². The van der Waals surface area contributed by atoms with Crippen LogP contribution in [0.25, 0.3) is 11.1 Å². The minimum absolute atomic E-state index is 0.104. The summed E-state index contributed by atoms with van der Waals surface area (Å²) >= 11 is 0. The average molecular weight is 682 g/mol. The van der Waals surface area contributed by atoms with Crippen LogP contribution in [0, 0.1) is 0 Å². The molecule has 3 heterocycles. The highest BCUT2D eigenvalue weighted by atomic mass is 16.5. The van der Waals surface area contributed by atoms with Crippen molar-refractivity contribution in [2.24, 2.45) is 0 Å². The molecule has 0 spiro atoms. The van der Waals surface area contributed by atoms with Gasteiger partial charge in [0.25, 0.3) is 17.7 Å².